The van der Waals surface area contributed by atoms with Crippen LogP contribution in [0.5, 0.6) is 0 Å². The van der Waals surface area contributed by atoms with Crippen LogP contribution in [-0.2, 0) is 14.4 Å². The molecule has 0 aliphatic rings. The second-order valence-electron chi connectivity index (χ2n) is 6.93. The number of aliphatic hydroxyl groups excluding tert-OH is 2. The van der Waals surface area contributed by atoms with Gasteiger partial charge in [-0.2, -0.15) is 11.8 Å². The molecule has 5 N–H and O–H groups in total. The molecule has 3 amide bonds. The van der Waals surface area contributed by atoms with Crippen LogP contribution in [0.2, 0.25) is 0 Å². The Morgan fingerprint density at radius 2 is 1.57 bits per heavy atom. The number of nitrogens with one attached hydrogen (secondary N) is 3. The Labute approximate surface area is 172 Å². The van der Waals surface area contributed by atoms with E-state index < -0.39 is 30.2 Å². The third-order valence-electron chi connectivity index (χ3n) is 4.17. The molecule has 0 rings (SSSR count). The van der Waals surface area contributed by atoms with E-state index in [1.807, 2.05) is 6.92 Å². The van der Waals surface area contributed by atoms with E-state index in [-0.39, 0.29) is 18.4 Å². The van der Waals surface area contributed by atoms with E-state index in [2.05, 4.69) is 22.9 Å². The van der Waals surface area contributed by atoms with Crippen molar-refractivity contribution in [2.75, 3.05) is 18.1 Å². The zero-order valence-corrected chi connectivity index (χ0v) is 18.3. The number of hydrogen-bond acceptors (Lipinski definition) is 6. The van der Waals surface area contributed by atoms with Crippen LogP contribution in [0.3, 0.4) is 0 Å². The van der Waals surface area contributed by atoms with Crippen LogP contribution in [0.4, 0.5) is 0 Å². The van der Waals surface area contributed by atoms with Gasteiger partial charge in [-0.1, -0.05) is 33.1 Å². The number of rotatable bonds is 15. The van der Waals surface area contributed by atoms with Crippen molar-refractivity contribution in [3.8, 4) is 0 Å². The molecule has 0 heterocycles. The maximum absolute atomic E-state index is 12.4. The summed E-state index contributed by atoms with van der Waals surface area (Å²) in [6.07, 6.45) is 1.88. The molecule has 8 nitrogen and oxygen atoms in total. The average Bonchev–Trinajstić information content (AvgIpc) is 2.64. The zero-order chi connectivity index (χ0) is 21.5. The van der Waals surface area contributed by atoms with Crippen molar-refractivity contribution in [1.29, 1.82) is 0 Å². The number of thioether (sulfide) groups is 1. The molecule has 4 unspecified atom stereocenters. The molecule has 0 aliphatic heterocycles. The SMILES string of the molecule is CCCCSCC(NC(C)=O)C(=O)NCC(O)C(O)C(CCCC)NC(C)=O. The molecule has 164 valence electrons. The fourth-order valence-electron chi connectivity index (χ4n) is 2.61. The lowest BCUT2D eigenvalue weighted by Crippen LogP contribution is -2.54. The molecule has 0 saturated carbocycles. The summed E-state index contributed by atoms with van der Waals surface area (Å²) in [5, 5.41) is 28.5. The highest BCUT2D eigenvalue weighted by Crippen LogP contribution is 2.10. The van der Waals surface area contributed by atoms with Crippen LogP contribution in [-0.4, -0.2) is 70.3 Å². The molecule has 0 radical (unpaired) electrons. The van der Waals surface area contributed by atoms with Crippen LogP contribution in [0, 0.1) is 0 Å². The summed E-state index contributed by atoms with van der Waals surface area (Å²) in [6, 6.07) is -1.28. The minimum atomic E-state index is -1.23. The van der Waals surface area contributed by atoms with E-state index in [1.54, 1.807) is 11.8 Å². The summed E-state index contributed by atoms with van der Waals surface area (Å²) in [5.41, 5.74) is 0. The van der Waals surface area contributed by atoms with Crippen LogP contribution < -0.4 is 16.0 Å². The minimum Gasteiger partial charge on any atom is -0.388 e. The number of aliphatic hydroxyl groups is 2. The molecular formula is C19H37N3O5S. The number of carbonyl (C=O) groups excluding carboxylic acids is 3. The van der Waals surface area contributed by atoms with Gasteiger partial charge in [0.1, 0.15) is 12.1 Å². The number of unbranched alkanes of at least 4 members (excludes halogenated alkanes) is 2. The Kier molecular flexibility index (Phi) is 14.9. The second kappa shape index (κ2) is 15.6. The molecule has 9 heteroatoms. The summed E-state index contributed by atoms with van der Waals surface area (Å²) in [4.78, 5) is 35.1. The second-order valence-corrected chi connectivity index (χ2v) is 8.08. The maximum Gasteiger partial charge on any atom is 0.243 e. The molecule has 28 heavy (non-hydrogen) atoms. The average molecular weight is 420 g/mol. The molecule has 0 aromatic heterocycles. The molecule has 0 aliphatic carbocycles. The van der Waals surface area contributed by atoms with Gasteiger partial charge in [-0.25, -0.2) is 0 Å². The monoisotopic (exact) mass is 419 g/mol. The third-order valence-corrected chi connectivity index (χ3v) is 5.32. The Hall–Kier alpha value is -1.32. The van der Waals surface area contributed by atoms with E-state index in [1.165, 1.54) is 13.8 Å². The van der Waals surface area contributed by atoms with Crippen molar-refractivity contribution in [2.45, 2.75) is 84.1 Å². The zero-order valence-electron chi connectivity index (χ0n) is 17.5. The number of carbonyl (C=O) groups is 3. The molecular weight excluding hydrogens is 382 g/mol. The molecule has 0 saturated heterocycles. The Morgan fingerprint density at radius 3 is 2.11 bits per heavy atom. The van der Waals surface area contributed by atoms with Gasteiger partial charge in [0.25, 0.3) is 0 Å². The lowest BCUT2D eigenvalue weighted by atomic mass is 9.99. The lowest BCUT2D eigenvalue weighted by molar-refractivity contribution is -0.128. The minimum absolute atomic E-state index is 0.169. The normalized spacial score (nSPS) is 15.2. The summed E-state index contributed by atoms with van der Waals surface area (Å²) >= 11 is 1.58. The Morgan fingerprint density at radius 1 is 0.964 bits per heavy atom. The van der Waals surface area contributed by atoms with Crippen LogP contribution in [0.15, 0.2) is 0 Å². The van der Waals surface area contributed by atoms with Crippen molar-refractivity contribution < 1.29 is 24.6 Å². The predicted octanol–water partition coefficient (Wildman–Crippen LogP) is 0.557. The Balaban J connectivity index is 4.68. The van der Waals surface area contributed by atoms with Crippen molar-refractivity contribution >= 4 is 29.5 Å². The largest absolute Gasteiger partial charge is 0.388 e. The van der Waals surface area contributed by atoms with Gasteiger partial charge in [0, 0.05) is 26.1 Å². The molecule has 0 spiro atoms. The van der Waals surface area contributed by atoms with Gasteiger partial charge >= 0.3 is 0 Å². The first-order chi connectivity index (χ1) is 13.2. The number of hydrogen-bond donors (Lipinski definition) is 5. The highest BCUT2D eigenvalue weighted by atomic mass is 32.2. The van der Waals surface area contributed by atoms with Crippen molar-refractivity contribution in [2.24, 2.45) is 0 Å². The summed E-state index contributed by atoms with van der Waals surface area (Å²) in [5.74, 6) is 0.343. The Bertz CT molecular complexity index is 478. The lowest BCUT2D eigenvalue weighted by Gasteiger charge is -2.28. The first-order valence-corrected chi connectivity index (χ1v) is 11.1. The van der Waals surface area contributed by atoms with Gasteiger partial charge in [0.15, 0.2) is 0 Å². The maximum atomic E-state index is 12.4. The van der Waals surface area contributed by atoms with E-state index in [4.69, 9.17) is 0 Å². The van der Waals surface area contributed by atoms with E-state index in [9.17, 15) is 24.6 Å². The van der Waals surface area contributed by atoms with Crippen molar-refractivity contribution in [3.05, 3.63) is 0 Å². The summed E-state index contributed by atoms with van der Waals surface area (Å²) < 4.78 is 0. The van der Waals surface area contributed by atoms with Gasteiger partial charge in [0.05, 0.1) is 12.1 Å². The van der Waals surface area contributed by atoms with Crippen molar-refractivity contribution in [3.63, 3.8) is 0 Å². The van der Waals surface area contributed by atoms with Gasteiger partial charge in [0.2, 0.25) is 17.7 Å². The van der Waals surface area contributed by atoms with E-state index >= 15 is 0 Å². The molecule has 0 aromatic carbocycles. The molecule has 0 bridgehead atoms. The topological polar surface area (TPSA) is 128 Å². The predicted molar refractivity (Wildman–Crippen MR) is 112 cm³/mol. The standard InChI is InChI=1S/C19H37N3O5S/c1-5-7-9-15(21-13(3)23)18(26)17(25)11-20-19(27)16(22-14(4)24)12-28-10-8-6-2/h15-18,25-26H,5-12H2,1-4H3,(H,20,27)(H,21,23)(H,22,24). The molecule has 0 fully saturated rings. The van der Waals surface area contributed by atoms with Gasteiger partial charge in [-0.15, -0.1) is 0 Å². The first-order valence-electron chi connectivity index (χ1n) is 9.98. The molecule has 0 aromatic rings. The van der Waals surface area contributed by atoms with Crippen molar-refractivity contribution in [1.82, 2.24) is 16.0 Å². The van der Waals surface area contributed by atoms with Crippen LogP contribution in [0.25, 0.3) is 0 Å². The van der Waals surface area contributed by atoms with Crippen LogP contribution in [0.1, 0.15) is 59.8 Å². The summed E-state index contributed by atoms with van der Waals surface area (Å²) in [7, 11) is 0. The first kappa shape index (κ1) is 26.7. The quantitative estimate of drug-likeness (QED) is 0.247. The van der Waals surface area contributed by atoms with Gasteiger partial charge in [-0.05, 0) is 18.6 Å². The molecule has 4 atom stereocenters. The highest BCUT2D eigenvalue weighted by molar-refractivity contribution is 7.99. The fourth-order valence-corrected chi connectivity index (χ4v) is 3.74. The van der Waals surface area contributed by atoms with Gasteiger partial charge in [-0.3, -0.25) is 14.4 Å². The fraction of sp³-hybridized carbons (Fsp3) is 0.842. The highest BCUT2D eigenvalue weighted by Gasteiger charge is 2.28. The van der Waals surface area contributed by atoms with E-state index in [0.29, 0.717) is 12.2 Å². The third kappa shape index (κ3) is 12.2. The van der Waals surface area contributed by atoms with E-state index in [0.717, 1.165) is 31.4 Å². The number of amides is 3. The summed E-state index contributed by atoms with van der Waals surface area (Å²) in [6.45, 7) is 6.61. The smallest absolute Gasteiger partial charge is 0.243 e. The van der Waals surface area contributed by atoms with Crippen LogP contribution >= 0.6 is 11.8 Å². The van der Waals surface area contributed by atoms with Gasteiger partial charge < -0.3 is 26.2 Å².